The topological polar surface area (TPSA) is 77.7 Å². The summed E-state index contributed by atoms with van der Waals surface area (Å²) in [7, 11) is 1.61. The van der Waals surface area contributed by atoms with E-state index in [-0.39, 0.29) is 17.9 Å². The van der Waals surface area contributed by atoms with Gasteiger partial charge in [-0.05, 0) is 62.7 Å². The third kappa shape index (κ3) is 4.01. The van der Waals surface area contributed by atoms with Crippen LogP contribution in [0.2, 0.25) is 0 Å². The lowest BCUT2D eigenvalue weighted by Gasteiger charge is -2.19. The van der Waals surface area contributed by atoms with E-state index in [4.69, 9.17) is 14.0 Å². The Labute approximate surface area is 175 Å². The minimum atomic E-state index is -0.160. The molecule has 0 radical (unpaired) electrons. The second kappa shape index (κ2) is 8.18. The molecule has 1 aromatic heterocycles. The van der Waals surface area contributed by atoms with Gasteiger partial charge < -0.3 is 18.9 Å². The first-order valence-corrected chi connectivity index (χ1v) is 10.0. The van der Waals surface area contributed by atoms with Crippen LogP contribution in [0, 0.1) is 6.92 Å². The average molecular weight is 407 g/mol. The Bertz CT molecular complexity index is 1040. The second-order valence-corrected chi connectivity index (χ2v) is 7.73. The van der Waals surface area contributed by atoms with Crippen molar-refractivity contribution in [1.29, 1.82) is 0 Å². The molecule has 2 heterocycles. The number of hydrogen-bond donors (Lipinski definition) is 0. The molecule has 1 fully saturated rings. The van der Waals surface area contributed by atoms with Crippen LogP contribution in [0.3, 0.4) is 0 Å². The van der Waals surface area contributed by atoms with Crippen LogP contribution in [0.15, 0.2) is 47.0 Å². The van der Waals surface area contributed by atoms with Gasteiger partial charge in [0.2, 0.25) is 17.6 Å². The number of carbonyl (C=O) groups excluding carboxylic acids is 1. The zero-order valence-corrected chi connectivity index (χ0v) is 17.6. The van der Waals surface area contributed by atoms with E-state index in [0.717, 1.165) is 22.6 Å². The summed E-state index contributed by atoms with van der Waals surface area (Å²) in [4.78, 5) is 19.0. The number of anilines is 1. The van der Waals surface area contributed by atoms with Crippen molar-refractivity contribution in [1.82, 2.24) is 10.1 Å². The zero-order valence-electron chi connectivity index (χ0n) is 17.6. The van der Waals surface area contributed by atoms with E-state index in [9.17, 15) is 4.79 Å². The van der Waals surface area contributed by atoms with Gasteiger partial charge in [-0.3, -0.25) is 4.79 Å². The molecule has 1 aliphatic rings. The number of benzene rings is 2. The molecule has 30 heavy (non-hydrogen) atoms. The van der Waals surface area contributed by atoms with E-state index < -0.39 is 0 Å². The average Bonchev–Trinajstić information content (AvgIpc) is 3.35. The van der Waals surface area contributed by atoms with E-state index >= 15 is 0 Å². The summed E-state index contributed by atoms with van der Waals surface area (Å²) in [6, 6.07) is 13.4. The summed E-state index contributed by atoms with van der Waals surface area (Å²) in [5, 5.41) is 4.11. The predicted octanol–water partition coefficient (Wildman–Crippen LogP) is 4.36. The van der Waals surface area contributed by atoms with Gasteiger partial charge in [-0.15, -0.1) is 0 Å². The van der Waals surface area contributed by atoms with Crippen LogP contribution in [0.5, 0.6) is 11.5 Å². The van der Waals surface area contributed by atoms with Gasteiger partial charge in [0.15, 0.2) is 0 Å². The van der Waals surface area contributed by atoms with Gasteiger partial charge in [0.05, 0.1) is 24.8 Å². The fourth-order valence-corrected chi connectivity index (χ4v) is 3.59. The molecule has 1 amide bonds. The molecule has 0 saturated carbocycles. The minimum absolute atomic E-state index is 0.0128. The van der Waals surface area contributed by atoms with Crippen LogP contribution in [-0.4, -0.2) is 35.8 Å². The molecule has 0 bridgehead atoms. The van der Waals surface area contributed by atoms with Crippen molar-refractivity contribution in [3.63, 3.8) is 0 Å². The Balaban J connectivity index is 1.52. The van der Waals surface area contributed by atoms with E-state index in [1.165, 1.54) is 0 Å². The number of nitrogens with zero attached hydrogens (tertiary/aromatic N) is 3. The highest BCUT2D eigenvalue weighted by atomic mass is 16.5. The standard InChI is InChI=1S/C23H25N3O4/c1-14(2)29-18-8-6-16(7-9-18)22-24-23(30-25-22)17-12-21(27)26(13-17)19-11-15(3)5-10-20(19)28-4/h5-11,14,17H,12-13H2,1-4H3. The number of ether oxygens (including phenoxy) is 2. The molecule has 1 unspecified atom stereocenters. The van der Waals surface area contributed by atoms with Crippen molar-refractivity contribution < 1.29 is 18.8 Å². The van der Waals surface area contributed by atoms with Gasteiger partial charge in [-0.1, -0.05) is 11.2 Å². The molecule has 3 aromatic rings. The molecule has 1 saturated heterocycles. The van der Waals surface area contributed by atoms with Crippen molar-refractivity contribution in [3.05, 3.63) is 53.9 Å². The number of aryl methyl sites for hydroxylation is 1. The summed E-state index contributed by atoms with van der Waals surface area (Å²) in [5.41, 5.74) is 2.67. The summed E-state index contributed by atoms with van der Waals surface area (Å²) in [6.07, 6.45) is 0.433. The van der Waals surface area contributed by atoms with E-state index in [1.807, 2.05) is 63.2 Å². The second-order valence-electron chi connectivity index (χ2n) is 7.73. The highest BCUT2D eigenvalue weighted by Crippen LogP contribution is 2.37. The normalized spacial score (nSPS) is 16.4. The first-order chi connectivity index (χ1) is 14.4. The predicted molar refractivity (Wildman–Crippen MR) is 113 cm³/mol. The van der Waals surface area contributed by atoms with E-state index in [0.29, 0.717) is 30.4 Å². The van der Waals surface area contributed by atoms with Crippen molar-refractivity contribution >= 4 is 11.6 Å². The maximum atomic E-state index is 12.7. The van der Waals surface area contributed by atoms with Crippen molar-refractivity contribution in [2.45, 2.75) is 39.2 Å². The molecular formula is C23H25N3O4. The van der Waals surface area contributed by atoms with Crippen LogP contribution in [-0.2, 0) is 4.79 Å². The van der Waals surface area contributed by atoms with Crippen molar-refractivity contribution in [2.24, 2.45) is 0 Å². The lowest BCUT2D eigenvalue weighted by atomic mass is 10.1. The van der Waals surface area contributed by atoms with Gasteiger partial charge in [-0.2, -0.15) is 4.98 Å². The van der Waals surface area contributed by atoms with E-state index in [2.05, 4.69) is 10.1 Å². The van der Waals surface area contributed by atoms with Crippen LogP contribution in [0.1, 0.15) is 37.6 Å². The van der Waals surface area contributed by atoms with Crippen LogP contribution < -0.4 is 14.4 Å². The summed E-state index contributed by atoms with van der Waals surface area (Å²) in [6.45, 7) is 6.43. The van der Waals surface area contributed by atoms with Gasteiger partial charge >= 0.3 is 0 Å². The Kier molecular flexibility index (Phi) is 5.44. The van der Waals surface area contributed by atoms with E-state index in [1.54, 1.807) is 12.0 Å². The van der Waals surface area contributed by atoms with Crippen LogP contribution >= 0.6 is 0 Å². The van der Waals surface area contributed by atoms with Crippen LogP contribution in [0.25, 0.3) is 11.4 Å². The zero-order chi connectivity index (χ0) is 21.3. The Morgan fingerprint density at radius 2 is 1.93 bits per heavy atom. The number of carbonyl (C=O) groups is 1. The minimum Gasteiger partial charge on any atom is -0.495 e. The van der Waals surface area contributed by atoms with Gasteiger partial charge in [0, 0.05) is 18.5 Å². The summed E-state index contributed by atoms with van der Waals surface area (Å²) in [5.74, 6) is 2.28. The molecule has 156 valence electrons. The number of rotatable bonds is 6. The Morgan fingerprint density at radius 1 is 1.17 bits per heavy atom. The SMILES string of the molecule is COc1ccc(C)cc1N1CC(c2nc(-c3ccc(OC(C)C)cc3)no2)CC1=O. The van der Waals surface area contributed by atoms with Gasteiger partial charge in [-0.25, -0.2) is 0 Å². The van der Waals surface area contributed by atoms with Gasteiger partial charge in [0.1, 0.15) is 11.5 Å². The Morgan fingerprint density at radius 3 is 2.63 bits per heavy atom. The lowest BCUT2D eigenvalue weighted by molar-refractivity contribution is -0.117. The molecule has 7 nitrogen and oxygen atoms in total. The fourth-order valence-electron chi connectivity index (χ4n) is 3.59. The Hall–Kier alpha value is -3.35. The molecule has 4 rings (SSSR count). The van der Waals surface area contributed by atoms with Gasteiger partial charge in [0.25, 0.3) is 0 Å². The number of methoxy groups -OCH3 is 1. The molecule has 0 spiro atoms. The number of aromatic nitrogens is 2. The third-order valence-electron chi connectivity index (χ3n) is 5.03. The number of hydrogen-bond acceptors (Lipinski definition) is 6. The number of amides is 1. The molecule has 1 aliphatic heterocycles. The fraction of sp³-hybridized carbons (Fsp3) is 0.348. The highest BCUT2D eigenvalue weighted by Gasteiger charge is 2.36. The maximum absolute atomic E-state index is 12.7. The monoisotopic (exact) mass is 407 g/mol. The largest absolute Gasteiger partial charge is 0.495 e. The highest BCUT2D eigenvalue weighted by molar-refractivity contribution is 5.97. The maximum Gasteiger partial charge on any atom is 0.232 e. The molecule has 7 heteroatoms. The van der Waals surface area contributed by atoms with Crippen LogP contribution in [0.4, 0.5) is 5.69 Å². The first-order valence-electron chi connectivity index (χ1n) is 10.0. The molecule has 0 N–H and O–H groups in total. The summed E-state index contributed by atoms with van der Waals surface area (Å²) < 4.78 is 16.6. The van der Waals surface area contributed by atoms with Crippen molar-refractivity contribution in [2.75, 3.05) is 18.6 Å². The quantitative estimate of drug-likeness (QED) is 0.604. The summed E-state index contributed by atoms with van der Waals surface area (Å²) >= 11 is 0. The first kappa shape index (κ1) is 19.9. The van der Waals surface area contributed by atoms with Crippen molar-refractivity contribution in [3.8, 4) is 22.9 Å². The molecular weight excluding hydrogens is 382 g/mol. The molecule has 1 atom stereocenters. The lowest BCUT2D eigenvalue weighted by Crippen LogP contribution is -2.25. The smallest absolute Gasteiger partial charge is 0.232 e. The third-order valence-corrected chi connectivity index (χ3v) is 5.03. The molecule has 2 aromatic carbocycles. The molecule has 0 aliphatic carbocycles.